The van der Waals surface area contributed by atoms with E-state index in [2.05, 4.69) is 55.4 Å². The van der Waals surface area contributed by atoms with Gasteiger partial charge in [-0.2, -0.15) is 0 Å². The number of aliphatic hydroxyl groups excluding tert-OH is 1. The van der Waals surface area contributed by atoms with E-state index in [9.17, 15) is 43.2 Å². The van der Waals surface area contributed by atoms with Crippen LogP contribution in [-0.2, 0) is 65.4 Å². The van der Waals surface area contributed by atoms with E-state index in [1.54, 1.807) is 0 Å². The summed E-state index contributed by atoms with van der Waals surface area (Å²) in [6.45, 7) is 14.0. The molecule has 0 saturated carbocycles. The molecular weight excluding hydrogens is 1160 g/mol. The average molecular weight is 1300 g/mol. The smallest absolute Gasteiger partial charge is 0.462 e. The lowest BCUT2D eigenvalue weighted by Gasteiger charge is -2.21. The van der Waals surface area contributed by atoms with E-state index < -0.39 is 97.5 Å². The van der Waals surface area contributed by atoms with Crippen LogP contribution in [0.15, 0.2) is 0 Å². The van der Waals surface area contributed by atoms with Crippen LogP contribution in [0, 0.1) is 23.7 Å². The van der Waals surface area contributed by atoms with Crippen molar-refractivity contribution in [2.24, 2.45) is 23.7 Å². The molecule has 0 aromatic carbocycles. The lowest BCUT2D eigenvalue weighted by molar-refractivity contribution is -0.161. The Labute approximate surface area is 537 Å². The number of carbonyl (C=O) groups excluding carboxylic acids is 4. The molecule has 6 atom stereocenters. The first-order chi connectivity index (χ1) is 42.1. The van der Waals surface area contributed by atoms with Crippen LogP contribution in [0.3, 0.4) is 0 Å². The summed E-state index contributed by atoms with van der Waals surface area (Å²) in [6, 6.07) is 0. The normalized spacial score (nSPS) is 14.6. The zero-order valence-corrected chi connectivity index (χ0v) is 59.1. The molecule has 0 amide bonds. The second-order valence-corrected chi connectivity index (χ2v) is 29.5. The van der Waals surface area contributed by atoms with Gasteiger partial charge in [0.2, 0.25) is 0 Å². The molecule has 0 heterocycles. The number of hydrogen-bond acceptors (Lipinski definition) is 15. The predicted molar refractivity (Wildman–Crippen MR) is 354 cm³/mol. The Bertz CT molecular complexity index is 1750. The Balaban J connectivity index is 5.21. The molecule has 0 saturated heterocycles. The summed E-state index contributed by atoms with van der Waals surface area (Å²) in [7, 11) is -9.90. The topological polar surface area (TPSA) is 237 Å². The molecule has 0 radical (unpaired) electrons. The molecular formula is C69H134O17P2. The van der Waals surface area contributed by atoms with Gasteiger partial charge in [0.1, 0.15) is 19.3 Å². The first-order valence-corrected chi connectivity index (χ1v) is 38.7. The third-order valence-electron chi connectivity index (χ3n) is 16.2. The Hall–Kier alpha value is -1.94. The number of esters is 4. The Kier molecular flexibility index (Phi) is 57.6. The van der Waals surface area contributed by atoms with E-state index in [1.165, 1.54) is 128 Å². The highest BCUT2D eigenvalue weighted by Crippen LogP contribution is 2.45. The second kappa shape index (κ2) is 58.8. The van der Waals surface area contributed by atoms with Gasteiger partial charge >= 0.3 is 39.5 Å². The van der Waals surface area contributed by atoms with Crippen LogP contribution in [0.25, 0.3) is 0 Å². The summed E-state index contributed by atoms with van der Waals surface area (Å²) in [5.41, 5.74) is 0. The quantitative estimate of drug-likeness (QED) is 0.0222. The molecule has 0 aliphatic carbocycles. The monoisotopic (exact) mass is 1300 g/mol. The zero-order chi connectivity index (χ0) is 65.4. The fourth-order valence-corrected chi connectivity index (χ4v) is 11.9. The van der Waals surface area contributed by atoms with E-state index in [4.69, 9.17) is 37.0 Å². The molecule has 19 heteroatoms. The van der Waals surface area contributed by atoms with Gasteiger partial charge in [-0.3, -0.25) is 37.3 Å². The van der Waals surface area contributed by atoms with Gasteiger partial charge in [0.25, 0.3) is 0 Å². The second-order valence-electron chi connectivity index (χ2n) is 26.6. The van der Waals surface area contributed by atoms with Crippen molar-refractivity contribution in [3.05, 3.63) is 0 Å². The summed E-state index contributed by atoms with van der Waals surface area (Å²) < 4.78 is 68.2. The van der Waals surface area contributed by atoms with Gasteiger partial charge in [-0.25, -0.2) is 9.13 Å². The van der Waals surface area contributed by atoms with Crippen molar-refractivity contribution in [2.45, 2.75) is 356 Å². The van der Waals surface area contributed by atoms with Crippen LogP contribution in [0.5, 0.6) is 0 Å². The zero-order valence-electron chi connectivity index (χ0n) is 57.3. The largest absolute Gasteiger partial charge is 0.472 e. The van der Waals surface area contributed by atoms with Crippen LogP contribution >= 0.6 is 15.6 Å². The summed E-state index contributed by atoms with van der Waals surface area (Å²) in [6.07, 6.45) is 40.6. The first kappa shape index (κ1) is 86.1. The Morgan fingerprint density at radius 3 is 0.807 bits per heavy atom. The van der Waals surface area contributed by atoms with E-state index in [1.807, 2.05) is 0 Å². The maximum Gasteiger partial charge on any atom is 0.472 e. The molecule has 0 rings (SSSR count). The molecule has 88 heavy (non-hydrogen) atoms. The van der Waals surface area contributed by atoms with E-state index >= 15 is 0 Å². The number of aliphatic hydroxyl groups is 1. The number of ether oxygens (including phenoxy) is 4. The maximum atomic E-state index is 13.0. The van der Waals surface area contributed by atoms with E-state index in [0.29, 0.717) is 43.4 Å². The Morgan fingerprint density at radius 2 is 0.545 bits per heavy atom. The van der Waals surface area contributed by atoms with Gasteiger partial charge in [-0.05, 0) is 49.4 Å². The number of carbonyl (C=O) groups is 4. The molecule has 0 aliphatic heterocycles. The van der Waals surface area contributed by atoms with Crippen LogP contribution in [0.1, 0.15) is 338 Å². The fourth-order valence-electron chi connectivity index (χ4n) is 10.3. The van der Waals surface area contributed by atoms with Gasteiger partial charge in [0.05, 0.1) is 26.4 Å². The van der Waals surface area contributed by atoms with Crippen LogP contribution in [0.2, 0.25) is 0 Å². The number of hydrogen-bond donors (Lipinski definition) is 3. The third-order valence-corrected chi connectivity index (χ3v) is 18.1. The molecule has 0 spiro atoms. The molecule has 0 bridgehead atoms. The highest BCUT2D eigenvalue weighted by Gasteiger charge is 2.30. The van der Waals surface area contributed by atoms with Gasteiger partial charge < -0.3 is 33.8 Å². The van der Waals surface area contributed by atoms with Crippen molar-refractivity contribution < 1.29 is 80.2 Å². The lowest BCUT2D eigenvalue weighted by atomic mass is 9.99. The van der Waals surface area contributed by atoms with Crippen molar-refractivity contribution in [2.75, 3.05) is 39.6 Å². The number of phosphoric ester groups is 2. The molecule has 522 valence electrons. The van der Waals surface area contributed by atoms with Gasteiger partial charge in [-0.15, -0.1) is 0 Å². The number of unbranched alkanes of at least 4 members (excludes halogenated alkanes) is 31. The highest BCUT2D eigenvalue weighted by molar-refractivity contribution is 7.47. The molecule has 0 fully saturated rings. The Morgan fingerprint density at radius 1 is 0.318 bits per heavy atom. The molecule has 17 nitrogen and oxygen atoms in total. The minimum absolute atomic E-state index is 0.102. The average Bonchev–Trinajstić information content (AvgIpc) is 3.68. The van der Waals surface area contributed by atoms with Crippen molar-refractivity contribution in [1.82, 2.24) is 0 Å². The van der Waals surface area contributed by atoms with Crippen molar-refractivity contribution >= 4 is 39.5 Å². The van der Waals surface area contributed by atoms with Crippen LogP contribution in [0.4, 0.5) is 0 Å². The first-order valence-electron chi connectivity index (χ1n) is 35.7. The molecule has 3 N–H and O–H groups in total. The van der Waals surface area contributed by atoms with Gasteiger partial charge in [0.15, 0.2) is 12.2 Å². The van der Waals surface area contributed by atoms with E-state index in [0.717, 1.165) is 109 Å². The third kappa shape index (κ3) is 61.6. The molecule has 4 unspecified atom stereocenters. The maximum absolute atomic E-state index is 13.0. The number of rotatable bonds is 66. The fraction of sp³-hybridized carbons (Fsp3) is 0.942. The molecule has 0 aromatic rings. The predicted octanol–water partition coefficient (Wildman–Crippen LogP) is 19.3. The lowest BCUT2D eigenvalue weighted by Crippen LogP contribution is -2.30. The van der Waals surface area contributed by atoms with Crippen LogP contribution in [-0.4, -0.2) is 96.7 Å². The minimum Gasteiger partial charge on any atom is -0.462 e. The summed E-state index contributed by atoms with van der Waals surface area (Å²) in [4.78, 5) is 72.4. The van der Waals surface area contributed by atoms with Crippen molar-refractivity contribution in [1.29, 1.82) is 0 Å². The molecule has 0 aliphatic rings. The standard InChI is InChI=1S/C69H134O17P2/c1-9-62(8)48-40-32-24-16-14-12-10-11-13-15-17-25-35-43-51-68(73)85-64(55-79-66(71)49-41-33-26-18-21-29-37-45-59(2)3)57-83-87(75,76)81-53-63(70)54-82-88(77,78)84-58-65(86-69(74)52-44-36-28-20-23-31-39-47-61(6)7)56-80-67(72)50-42-34-27-19-22-30-38-46-60(4)5/h59-65,70H,9-58H2,1-8H3,(H,75,76)(H,77,78)/t62?,63?,64-,65-/m1/s1. The van der Waals surface area contributed by atoms with Crippen LogP contribution < -0.4 is 0 Å². The molecule has 0 aromatic heterocycles. The highest BCUT2D eigenvalue weighted by atomic mass is 31.2. The van der Waals surface area contributed by atoms with E-state index in [-0.39, 0.29) is 25.7 Å². The minimum atomic E-state index is -4.95. The van der Waals surface area contributed by atoms with Gasteiger partial charge in [-0.1, -0.05) is 287 Å². The van der Waals surface area contributed by atoms with Gasteiger partial charge in [0, 0.05) is 25.7 Å². The summed E-state index contributed by atoms with van der Waals surface area (Å²) in [5.74, 6) is 0.817. The van der Waals surface area contributed by atoms with Crippen molar-refractivity contribution in [3.63, 3.8) is 0 Å². The SMILES string of the molecule is CCC(C)CCCCCCCCCCCCCCCCC(=O)O[C@H](COC(=O)CCCCCCCCCC(C)C)COP(=O)(O)OCC(O)COP(=O)(O)OC[C@@H](COC(=O)CCCCCCCCCC(C)C)OC(=O)CCCCCCCCCC(C)C. The van der Waals surface area contributed by atoms with Crippen molar-refractivity contribution in [3.8, 4) is 0 Å². The number of phosphoric acid groups is 2. The summed E-state index contributed by atoms with van der Waals surface area (Å²) >= 11 is 0. The summed E-state index contributed by atoms with van der Waals surface area (Å²) in [5, 5.41) is 10.6.